The lowest BCUT2D eigenvalue weighted by Crippen LogP contribution is -2.42. The molecule has 0 saturated carbocycles. The number of aliphatic hydroxyl groups is 2. The maximum Gasteiger partial charge on any atom is 0.459 e. The molecule has 1 aliphatic heterocycles. The number of fused-ring (bicyclic) bond motifs is 1. The molecule has 2 aromatic carbocycles. The maximum absolute atomic E-state index is 15.3. The number of rotatable bonds is 15. The average Bonchev–Trinajstić information content (AvgIpc) is 3.59. The van der Waals surface area contributed by atoms with Crippen LogP contribution < -0.4 is 15.3 Å². The Bertz CT molecular complexity index is 2000. The number of halogens is 2. The third kappa shape index (κ3) is 9.10. The first kappa shape index (κ1) is 38.7. The van der Waals surface area contributed by atoms with Gasteiger partial charge in [-0.25, -0.2) is 9.36 Å². The summed E-state index contributed by atoms with van der Waals surface area (Å²) < 4.78 is 77.2. The van der Waals surface area contributed by atoms with Gasteiger partial charge in [0.25, 0.3) is 0 Å². The van der Waals surface area contributed by atoms with Crippen LogP contribution >= 0.6 is 7.75 Å². The van der Waals surface area contributed by atoms with Gasteiger partial charge in [0.15, 0.2) is 6.10 Å². The molecular weight excluding hydrogens is 711 g/mol. The molecule has 1 fully saturated rings. The lowest BCUT2D eigenvalue weighted by Gasteiger charge is -2.25. The second-order valence-electron chi connectivity index (χ2n) is 12.3. The normalized spacial score (nSPS) is 20.1. The molecule has 15 nitrogen and oxygen atoms in total. The van der Waals surface area contributed by atoms with Gasteiger partial charge in [-0.15, -0.1) is 0 Å². The molecule has 52 heavy (non-hydrogen) atoms. The van der Waals surface area contributed by atoms with E-state index in [1.807, 2.05) is 13.0 Å². The number of carbonyl (C=O) groups is 2. The van der Waals surface area contributed by atoms with Gasteiger partial charge >= 0.3 is 31.3 Å². The lowest BCUT2D eigenvalue weighted by atomic mass is 10.1. The second kappa shape index (κ2) is 16.0. The number of carbonyl (C=O) groups excluding carboxylic acids is 2. The number of hydrogen-bond acceptors (Lipinski definition) is 13. The number of alkyl halides is 2. The fraction of sp³-hybridized carbons (Fsp3) is 0.412. The van der Waals surface area contributed by atoms with Crippen LogP contribution in [0.1, 0.15) is 49.6 Å². The predicted molar refractivity (Wildman–Crippen MR) is 178 cm³/mol. The van der Waals surface area contributed by atoms with Gasteiger partial charge in [-0.05, 0) is 63.6 Å². The maximum atomic E-state index is 15.3. The van der Waals surface area contributed by atoms with Crippen LogP contribution in [-0.4, -0.2) is 68.6 Å². The Balaban J connectivity index is 1.23. The van der Waals surface area contributed by atoms with Crippen molar-refractivity contribution in [2.45, 2.75) is 83.8 Å². The standard InChI is InChI=1S/C34H38F2N3O12P/c1-19(2)48-31(43)21(4)38-52(45,51-25-8-6-5-7-9-25)47-18-27-30(42)34(35,36)32(50-27)39-11-10-24(37-33(39)44)15-28(41)46-17-26-14-22-12-20(3)13-23(16-40)29(22)49-26/h5-14,19,21,27,30,32,40,42H,15-18H2,1-4H3,(H,38,45)/t21-,27+,30+,32+,52?/m0/s1. The van der Waals surface area contributed by atoms with Crippen LogP contribution in [0.4, 0.5) is 8.78 Å². The zero-order valence-electron chi connectivity index (χ0n) is 28.6. The highest BCUT2D eigenvalue weighted by molar-refractivity contribution is 7.52. The van der Waals surface area contributed by atoms with E-state index in [4.69, 9.17) is 27.7 Å². The molecular formula is C34H38F2N3O12P. The Hall–Kier alpha value is -4.51. The Morgan fingerprint density at radius 2 is 1.87 bits per heavy atom. The van der Waals surface area contributed by atoms with Gasteiger partial charge in [0.1, 0.15) is 35.8 Å². The Labute approximate surface area is 296 Å². The lowest BCUT2D eigenvalue weighted by molar-refractivity contribution is -0.149. The molecule has 5 rings (SSSR count). The van der Waals surface area contributed by atoms with E-state index in [0.29, 0.717) is 21.5 Å². The summed E-state index contributed by atoms with van der Waals surface area (Å²) in [6.45, 7) is 5.00. The van der Waals surface area contributed by atoms with Crippen molar-refractivity contribution in [1.82, 2.24) is 14.6 Å². The van der Waals surface area contributed by atoms with Crippen molar-refractivity contribution in [3.8, 4) is 5.75 Å². The number of aliphatic hydroxyl groups excluding tert-OH is 2. The summed E-state index contributed by atoms with van der Waals surface area (Å²) in [7, 11) is -4.50. The minimum Gasteiger partial charge on any atom is -0.462 e. The number of aromatic nitrogens is 2. The van der Waals surface area contributed by atoms with Crippen molar-refractivity contribution < 1.29 is 60.8 Å². The van der Waals surface area contributed by atoms with Crippen molar-refractivity contribution in [1.29, 1.82) is 0 Å². The predicted octanol–water partition coefficient (Wildman–Crippen LogP) is 4.10. The number of ether oxygens (including phenoxy) is 3. The van der Waals surface area contributed by atoms with Crippen LogP contribution in [0.25, 0.3) is 11.0 Å². The van der Waals surface area contributed by atoms with Crippen LogP contribution in [0.15, 0.2) is 70.0 Å². The summed E-state index contributed by atoms with van der Waals surface area (Å²) in [4.78, 5) is 41.5. The summed E-state index contributed by atoms with van der Waals surface area (Å²) >= 11 is 0. The minimum atomic E-state index is -4.50. The third-order valence-corrected chi connectivity index (χ3v) is 9.36. The zero-order valence-corrected chi connectivity index (χ0v) is 29.5. The molecule has 1 unspecified atom stereocenters. The summed E-state index contributed by atoms with van der Waals surface area (Å²) in [6.07, 6.45) is -6.77. The van der Waals surface area contributed by atoms with E-state index in [2.05, 4.69) is 10.1 Å². The molecule has 0 bridgehead atoms. The van der Waals surface area contributed by atoms with E-state index in [-0.39, 0.29) is 24.7 Å². The minimum absolute atomic E-state index is 0.0571. The van der Waals surface area contributed by atoms with Gasteiger partial charge in [0, 0.05) is 17.1 Å². The van der Waals surface area contributed by atoms with Crippen molar-refractivity contribution in [3.05, 3.63) is 93.9 Å². The summed E-state index contributed by atoms with van der Waals surface area (Å²) in [5.74, 6) is -5.27. The first-order valence-electron chi connectivity index (χ1n) is 16.1. The molecule has 0 spiro atoms. The molecule has 4 aromatic rings. The summed E-state index contributed by atoms with van der Waals surface area (Å²) in [5.41, 5.74) is 0.629. The topological polar surface area (TPSA) is 198 Å². The molecule has 1 saturated heterocycles. The average molecular weight is 750 g/mol. The molecule has 3 heterocycles. The fourth-order valence-electron chi connectivity index (χ4n) is 5.32. The monoisotopic (exact) mass is 749 g/mol. The Morgan fingerprint density at radius 1 is 1.13 bits per heavy atom. The first-order valence-corrected chi connectivity index (χ1v) is 17.7. The van der Waals surface area contributed by atoms with Crippen LogP contribution in [0.5, 0.6) is 5.75 Å². The number of benzene rings is 2. The van der Waals surface area contributed by atoms with E-state index in [9.17, 15) is 29.2 Å². The van der Waals surface area contributed by atoms with Crippen LogP contribution in [0, 0.1) is 6.92 Å². The highest BCUT2D eigenvalue weighted by Crippen LogP contribution is 2.48. The highest BCUT2D eigenvalue weighted by Gasteiger charge is 2.60. The van der Waals surface area contributed by atoms with E-state index in [1.165, 1.54) is 19.1 Å². The van der Waals surface area contributed by atoms with Gasteiger partial charge in [0.05, 0.1) is 31.4 Å². The van der Waals surface area contributed by atoms with E-state index in [1.54, 1.807) is 44.2 Å². The van der Waals surface area contributed by atoms with Crippen LogP contribution in [0.3, 0.4) is 0 Å². The number of nitrogens with one attached hydrogen (secondary N) is 1. The smallest absolute Gasteiger partial charge is 0.459 e. The molecule has 0 amide bonds. The van der Waals surface area contributed by atoms with Crippen molar-refractivity contribution >= 4 is 30.7 Å². The quantitative estimate of drug-likeness (QED) is 0.116. The molecule has 5 atom stereocenters. The SMILES string of the molecule is Cc1cc(CO)c2oc(COC(=O)Cc3ccn([C@@H]4O[C@H](COP(=O)(N[C@@H](C)C(=O)OC(C)C)Oc5ccccc5)[C@@H](O)C4(F)F)c(=O)n3)cc2c1. The molecule has 3 N–H and O–H groups in total. The van der Waals surface area contributed by atoms with Gasteiger partial charge in [-0.1, -0.05) is 24.3 Å². The largest absolute Gasteiger partial charge is 0.462 e. The van der Waals surface area contributed by atoms with Crippen LogP contribution in [0.2, 0.25) is 0 Å². The fourth-order valence-corrected chi connectivity index (χ4v) is 6.82. The van der Waals surface area contributed by atoms with Crippen molar-refractivity contribution in [2.75, 3.05) is 6.61 Å². The Kier molecular flexibility index (Phi) is 11.9. The number of para-hydroxylation sites is 1. The van der Waals surface area contributed by atoms with Crippen molar-refractivity contribution in [3.63, 3.8) is 0 Å². The van der Waals surface area contributed by atoms with E-state index >= 15 is 8.78 Å². The molecule has 18 heteroatoms. The third-order valence-electron chi connectivity index (χ3n) is 7.71. The van der Waals surface area contributed by atoms with Gasteiger partial charge in [-0.3, -0.25) is 18.7 Å². The molecule has 0 aliphatic carbocycles. The zero-order chi connectivity index (χ0) is 37.8. The number of nitrogens with zero attached hydrogens (tertiary/aromatic N) is 2. The number of furan rings is 1. The Morgan fingerprint density at radius 3 is 2.54 bits per heavy atom. The van der Waals surface area contributed by atoms with Crippen LogP contribution in [-0.2, 0) is 52.5 Å². The molecule has 280 valence electrons. The number of aryl methyl sites for hydroxylation is 1. The number of hydrogen-bond donors (Lipinski definition) is 3. The van der Waals surface area contributed by atoms with Gasteiger partial charge < -0.3 is 33.4 Å². The highest BCUT2D eigenvalue weighted by atomic mass is 31.2. The summed E-state index contributed by atoms with van der Waals surface area (Å²) in [5, 5.41) is 23.2. The van der Waals surface area contributed by atoms with E-state index in [0.717, 1.165) is 23.2 Å². The van der Waals surface area contributed by atoms with Gasteiger partial charge in [-0.2, -0.15) is 18.9 Å². The van der Waals surface area contributed by atoms with Gasteiger partial charge in [0.2, 0.25) is 6.23 Å². The number of esters is 2. The molecule has 2 aromatic heterocycles. The molecule has 1 aliphatic rings. The second-order valence-corrected chi connectivity index (χ2v) is 14.0. The molecule has 0 radical (unpaired) electrons. The first-order chi connectivity index (χ1) is 24.6. The van der Waals surface area contributed by atoms with E-state index < -0.39 is 74.9 Å². The van der Waals surface area contributed by atoms with Crippen molar-refractivity contribution in [2.24, 2.45) is 0 Å². The summed E-state index contributed by atoms with van der Waals surface area (Å²) in [6, 6.07) is 12.9.